The van der Waals surface area contributed by atoms with Crippen molar-refractivity contribution in [3.8, 4) is 0 Å². The van der Waals surface area contributed by atoms with E-state index in [1.807, 2.05) is 26.0 Å². The Labute approximate surface area is 77.5 Å². The first kappa shape index (κ1) is 9.45. The van der Waals surface area contributed by atoms with E-state index in [0.29, 0.717) is 6.41 Å². The maximum atomic E-state index is 9.91. The molecule has 0 bridgehead atoms. The van der Waals surface area contributed by atoms with Gasteiger partial charge in [0.15, 0.2) is 0 Å². The summed E-state index contributed by atoms with van der Waals surface area (Å²) < 4.78 is 0. The third-order valence-corrected chi connectivity index (χ3v) is 1.76. The van der Waals surface area contributed by atoms with Crippen LogP contribution in [0.2, 0.25) is 0 Å². The quantitative estimate of drug-likeness (QED) is 0.422. The molecule has 0 radical (unpaired) electrons. The number of hydrogen-bond donors (Lipinski definition) is 1. The molecule has 1 rings (SSSR count). The van der Waals surface area contributed by atoms with Crippen LogP contribution in [0.15, 0.2) is 23.3 Å². The monoisotopic (exact) mass is 176 g/mol. The van der Waals surface area contributed by atoms with Crippen molar-refractivity contribution in [3.63, 3.8) is 0 Å². The van der Waals surface area contributed by atoms with Crippen LogP contribution in [0.1, 0.15) is 16.7 Å². The van der Waals surface area contributed by atoms with Crippen molar-refractivity contribution in [1.82, 2.24) is 5.43 Å². The normalized spacial score (nSPS) is 10.3. The molecule has 1 aromatic carbocycles. The van der Waals surface area contributed by atoms with Crippen molar-refractivity contribution in [2.75, 3.05) is 0 Å². The summed E-state index contributed by atoms with van der Waals surface area (Å²) in [5, 5.41) is 3.71. The average molecular weight is 176 g/mol. The largest absolute Gasteiger partial charge is 0.277 e. The van der Waals surface area contributed by atoms with Crippen LogP contribution in [0, 0.1) is 13.8 Å². The smallest absolute Gasteiger partial charge is 0.227 e. The van der Waals surface area contributed by atoms with E-state index in [9.17, 15) is 4.79 Å². The molecule has 68 valence electrons. The Kier molecular flexibility index (Phi) is 3.20. The van der Waals surface area contributed by atoms with Crippen LogP contribution in [0.5, 0.6) is 0 Å². The minimum atomic E-state index is 0.542. The Morgan fingerprint density at radius 1 is 1.38 bits per heavy atom. The van der Waals surface area contributed by atoms with Crippen molar-refractivity contribution >= 4 is 12.6 Å². The summed E-state index contributed by atoms with van der Waals surface area (Å²) in [6.45, 7) is 4.05. The van der Waals surface area contributed by atoms with Crippen LogP contribution in [0.25, 0.3) is 0 Å². The van der Waals surface area contributed by atoms with Crippen molar-refractivity contribution in [3.05, 3.63) is 34.9 Å². The molecule has 0 aromatic heterocycles. The lowest BCUT2D eigenvalue weighted by molar-refractivity contribution is -0.109. The van der Waals surface area contributed by atoms with Crippen LogP contribution in [-0.2, 0) is 4.79 Å². The minimum absolute atomic E-state index is 0.542. The lowest BCUT2D eigenvalue weighted by Gasteiger charge is -2.00. The maximum absolute atomic E-state index is 9.91. The Balaban J connectivity index is 2.83. The van der Waals surface area contributed by atoms with Crippen LogP contribution >= 0.6 is 0 Å². The highest BCUT2D eigenvalue weighted by Gasteiger charge is 1.93. The number of amides is 1. The number of carbonyl (C=O) groups is 1. The number of nitrogens with zero attached hydrogens (tertiary/aromatic N) is 1. The molecular weight excluding hydrogens is 164 g/mol. The average Bonchev–Trinajstić information content (AvgIpc) is 2.09. The third kappa shape index (κ3) is 2.71. The molecule has 1 aromatic rings. The van der Waals surface area contributed by atoms with Gasteiger partial charge in [0, 0.05) is 0 Å². The molecule has 0 atom stereocenters. The molecule has 0 heterocycles. The van der Waals surface area contributed by atoms with Gasteiger partial charge in [-0.25, -0.2) is 5.43 Å². The van der Waals surface area contributed by atoms with Gasteiger partial charge in [-0.3, -0.25) is 4.79 Å². The number of rotatable bonds is 3. The van der Waals surface area contributed by atoms with Crippen molar-refractivity contribution in [2.45, 2.75) is 13.8 Å². The number of aryl methyl sites for hydroxylation is 2. The maximum Gasteiger partial charge on any atom is 0.227 e. The summed E-state index contributed by atoms with van der Waals surface area (Å²) in [4.78, 5) is 9.91. The van der Waals surface area contributed by atoms with E-state index in [1.54, 1.807) is 6.21 Å². The molecule has 0 aliphatic rings. The molecule has 0 aliphatic heterocycles. The molecule has 1 N–H and O–H groups in total. The van der Waals surface area contributed by atoms with Crippen LogP contribution in [-0.4, -0.2) is 12.6 Å². The zero-order valence-corrected chi connectivity index (χ0v) is 7.74. The van der Waals surface area contributed by atoms with E-state index >= 15 is 0 Å². The Morgan fingerprint density at radius 3 is 2.77 bits per heavy atom. The van der Waals surface area contributed by atoms with Crippen LogP contribution in [0.4, 0.5) is 0 Å². The predicted octanol–water partition coefficient (Wildman–Crippen LogP) is 1.38. The standard InChI is InChI=1S/C10H12N2O/c1-8-3-4-10(9(2)5-8)6-11-12-7-13/h3-7H,1-2H3,(H,12,13)/b11-6+. The van der Waals surface area contributed by atoms with Gasteiger partial charge >= 0.3 is 0 Å². The zero-order chi connectivity index (χ0) is 9.68. The number of hydrogen-bond acceptors (Lipinski definition) is 2. The Bertz CT molecular complexity index is 332. The molecule has 1 amide bonds. The zero-order valence-electron chi connectivity index (χ0n) is 7.74. The van der Waals surface area contributed by atoms with E-state index in [4.69, 9.17) is 0 Å². The molecule has 3 nitrogen and oxygen atoms in total. The fourth-order valence-electron chi connectivity index (χ4n) is 1.11. The van der Waals surface area contributed by atoms with Gasteiger partial charge in [0.05, 0.1) is 6.21 Å². The van der Waals surface area contributed by atoms with E-state index in [-0.39, 0.29) is 0 Å². The third-order valence-electron chi connectivity index (χ3n) is 1.76. The van der Waals surface area contributed by atoms with Crippen molar-refractivity contribution in [2.24, 2.45) is 5.10 Å². The highest BCUT2D eigenvalue weighted by molar-refractivity contribution is 5.82. The van der Waals surface area contributed by atoms with Gasteiger partial charge in [0.25, 0.3) is 0 Å². The molecule has 0 unspecified atom stereocenters. The van der Waals surface area contributed by atoms with E-state index in [1.165, 1.54) is 5.56 Å². The molecule has 0 saturated heterocycles. The molecule has 3 heteroatoms. The molecule has 0 aliphatic carbocycles. The molecular formula is C10H12N2O. The van der Waals surface area contributed by atoms with E-state index in [2.05, 4.69) is 16.6 Å². The number of carbonyl (C=O) groups excluding carboxylic acids is 1. The van der Waals surface area contributed by atoms with E-state index in [0.717, 1.165) is 11.1 Å². The van der Waals surface area contributed by atoms with Gasteiger partial charge in [-0.15, -0.1) is 0 Å². The predicted molar refractivity (Wildman–Crippen MR) is 52.7 cm³/mol. The van der Waals surface area contributed by atoms with Crippen molar-refractivity contribution < 1.29 is 4.79 Å². The molecule has 0 saturated carbocycles. The SMILES string of the molecule is Cc1ccc(/C=N/NC=O)c(C)c1. The topological polar surface area (TPSA) is 41.5 Å². The van der Waals surface area contributed by atoms with Gasteiger partial charge in [-0.2, -0.15) is 5.10 Å². The Hall–Kier alpha value is -1.64. The fourth-order valence-corrected chi connectivity index (χ4v) is 1.11. The Morgan fingerprint density at radius 2 is 2.15 bits per heavy atom. The molecule has 13 heavy (non-hydrogen) atoms. The van der Waals surface area contributed by atoms with Crippen molar-refractivity contribution in [1.29, 1.82) is 0 Å². The summed E-state index contributed by atoms with van der Waals surface area (Å²) >= 11 is 0. The summed E-state index contributed by atoms with van der Waals surface area (Å²) in [5.41, 5.74) is 5.61. The summed E-state index contributed by atoms with van der Waals surface area (Å²) in [6, 6.07) is 6.05. The highest BCUT2D eigenvalue weighted by atomic mass is 16.1. The highest BCUT2D eigenvalue weighted by Crippen LogP contribution is 2.07. The molecule has 0 fully saturated rings. The van der Waals surface area contributed by atoms with Gasteiger partial charge < -0.3 is 0 Å². The first-order chi connectivity index (χ1) is 6.24. The fraction of sp³-hybridized carbons (Fsp3) is 0.200. The summed E-state index contributed by atoms with van der Waals surface area (Å²) in [7, 11) is 0. The lowest BCUT2D eigenvalue weighted by atomic mass is 10.1. The second kappa shape index (κ2) is 4.40. The van der Waals surface area contributed by atoms with Crippen LogP contribution < -0.4 is 5.43 Å². The van der Waals surface area contributed by atoms with Crippen LogP contribution in [0.3, 0.4) is 0 Å². The van der Waals surface area contributed by atoms with E-state index < -0.39 is 0 Å². The first-order valence-electron chi connectivity index (χ1n) is 4.03. The molecule has 0 spiro atoms. The number of benzene rings is 1. The van der Waals surface area contributed by atoms with Gasteiger partial charge in [-0.05, 0) is 25.0 Å². The lowest BCUT2D eigenvalue weighted by Crippen LogP contribution is -2.01. The van der Waals surface area contributed by atoms with Gasteiger partial charge in [-0.1, -0.05) is 23.8 Å². The van der Waals surface area contributed by atoms with Gasteiger partial charge in [0.2, 0.25) is 6.41 Å². The summed E-state index contributed by atoms with van der Waals surface area (Å²) in [6.07, 6.45) is 2.17. The first-order valence-corrected chi connectivity index (χ1v) is 4.03. The number of hydrazone groups is 1. The second-order valence-electron chi connectivity index (χ2n) is 2.87. The second-order valence-corrected chi connectivity index (χ2v) is 2.87. The summed E-state index contributed by atoms with van der Waals surface area (Å²) in [5.74, 6) is 0. The minimum Gasteiger partial charge on any atom is -0.277 e. The van der Waals surface area contributed by atoms with Gasteiger partial charge in [0.1, 0.15) is 0 Å². The number of nitrogens with one attached hydrogen (secondary N) is 1.